The fraction of sp³-hybridized carbons (Fsp3) is 0.217. The van der Waals surface area contributed by atoms with E-state index < -0.39 is 24.0 Å². The van der Waals surface area contributed by atoms with Crippen molar-refractivity contribution in [2.45, 2.75) is 26.4 Å². The van der Waals surface area contributed by atoms with Crippen LogP contribution in [0.15, 0.2) is 41.3 Å². The number of benzene rings is 1. The number of carboxylic acids is 1. The maximum absolute atomic E-state index is 13.1. The van der Waals surface area contributed by atoms with Crippen molar-refractivity contribution in [3.63, 3.8) is 0 Å². The lowest BCUT2D eigenvalue weighted by atomic mass is 10.1. The van der Waals surface area contributed by atoms with Gasteiger partial charge in [0, 0.05) is 25.4 Å². The van der Waals surface area contributed by atoms with E-state index in [2.05, 4.69) is 15.3 Å². The first-order valence-corrected chi connectivity index (χ1v) is 10.2. The molecule has 0 unspecified atom stereocenters. The summed E-state index contributed by atoms with van der Waals surface area (Å²) in [6.07, 6.45) is 2.17. The van der Waals surface area contributed by atoms with Crippen LogP contribution in [-0.4, -0.2) is 36.1 Å². The quantitative estimate of drug-likeness (QED) is 0.461. The highest BCUT2D eigenvalue weighted by atomic mass is 16.4. The zero-order chi connectivity index (χ0) is 23.7. The third-order valence-electron chi connectivity index (χ3n) is 5.43. The summed E-state index contributed by atoms with van der Waals surface area (Å²) in [5.41, 5.74) is 1.73. The zero-order valence-electron chi connectivity index (χ0n) is 18.0. The number of amides is 1. The van der Waals surface area contributed by atoms with Gasteiger partial charge in [0.2, 0.25) is 0 Å². The molecule has 4 aromatic rings. The number of aromatic nitrogens is 4. The molecular formula is C23H20N6O4. The van der Waals surface area contributed by atoms with Crippen molar-refractivity contribution < 1.29 is 14.7 Å². The first kappa shape index (κ1) is 21.7. The molecule has 3 aromatic heterocycles. The highest BCUT2D eigenvalue weighted by Crippen LogP contribution is 2.24. The molecule has 0 radical (unpaired) electrons. The summed E-state index contributed by atoms with van der Waals surface area (Å²) in [6, 6.07) is 10.1. The molecule has 0 aliphatic carbocycles. The normalized spacial score (nSPS) is 10.9. The van der Waals surface area contributed by atoms with Crippen LogP contribution in [0.2, 0.25) is 0 Å². The molecule has 3 heterocycles. The Hall–Kier alpha value is -4.52. The Morgan fingerprint density at radius 2 is 1.97 bits per heavy atom. The van der Waals surface area contributed by atoms with E-state index in [1.165, 1.54) is 12.3 Å². The molecule has 33 heavy (non-hydrogen) atoms. The number of nitrogens with one attached hydrogen (secondary N) is 1. The molecule has 0 aliphatic heterocycles. The van der Waals surface area contributed by atoms with Gasteiger partial charge in [-0.2, -0.15) is 5.26 Å². The van der Waals surface area contributed by atoms with Crippen LogP contribution in [0.5, 0.6) is 0 Å². The van der Waals surface area contributed by atoms with Crippen LogP contribution in [0, 0.1) is 11.3 Å². The molecule has 0 saturated heterocycles. The lowest BCUT2D eigenvalue weighted by molar-refractivity contribution is -0.137. The van der Waals surface area contributed by atoms with E-state index in [0.29, 0.717) is 28.4 Å². The summed E-state index contributed by atoms with van der Waals surface area (Å²) in [5, 5.41) is 21.4. The highest BCUT2D eigenvalue weighted by molar-refractivity contribution is 6.05. The van der Waals surface area contributed by atoms with Crippen molar-refractivity contribution in [1.29, 1.82) is 5.26 Å². The van der Waals surface area contributed by atoms with Crippen LogP contribution < -0.4 is 10.9 Å². The summed E-state index contributed by atoms with van der Waals surface area (Å²) in [4.78, 5) is 46.3. The van der Waals surface area contributed by atoms with E-state index in [4.69, 9.17) is 5.26 Å². The number of imidazole rings is 1. The average molecular weight is 444 g/mol. The number of pyridine rings is 2. The molecule has 0 aliphatic rings. The van der Waals surface area contributed by atoms with Gasteiger partial charge in [-0.1, -0.05) is 19.1 Å². The van der Waals surface area contributed by atoms with Crippen LogP contribution in [-0.2, 0) is 31.4 Å². The lowest BCUT2D eigenvalue weighted by Gasteiger charge is -2.12. The van der Waals surface area contributed by atoms with Gasteiger partial charge in [-0.25, -0.2) is 9.97 Å². The molecule has 0 fully saturated rings. The molecule has 2 N–H and O–H groups in total. The number of carboxylic acid groups (broad SMARTS) is 1. The number of aryl methyl sites for hydroxylation is 2. The smallest absolute Gasteiger partial charge is 0.323 e. The van der Waals surface area contributed by atoms with E-state index in [9.17, 15) is 19.5 Å². The Bertz CT molecular complexity index is 1510. The van der Waals surface area contributed by atoms with Gasteiger partial charge in [0.15, 0.2) is 0 Å². The number of aliphatic carboxylic acids is 1. The third kappa shape index (κ3) is 3.92. The zero-order valence-corrected chi connectivity index (χ0v) is 18.0. The number of nitrogens with zero attached hydrogens (tertiary/aromatic N) is 5. The minimum Gasteiger partial charge on any atom is -0.480 e. The summed E-state index contributed by atoms with van der Waals surface area (Å²) in [5.74, 6) is -1.07. The lowest BCUT2D eigenvalue weighted by Crippen LogP contribution is -2.34. The Labute approximate surface area is 187 Å². The number of fused-ring (bicyclic) bond motifs is 3. The van der Waals surface area contributed by atoms with E-state index in [-0.39, 0.29) is 17.8 Å². The van der Waals surface area contributed by atoms with E-state index in [1.54, 1.807) is 24.3 Å². The van der Waals surface area contributed by atoms with Crippen LogP contribution in [0.1, 0.15) is 34.2 Å². The van der Waals surface area contributed by atoms with Gasteiger partial charge >= 0.3 is 5.97 Å². The molecule has 0 spiro atoms. The maximum atomic E-state index is 13.1. The summed E-state index contributed by atoms with van der Waals surface area (Å²) in [7, 11) is 1.82. The van der Waals surface area contributed by atoms with Crippen molar-refractivity contribution in [3.05, 3.63) is 69.4 Å². The monoisotopic (exact) mass is 444 g/mol. The molecule has 0 atom stereocenters. The van der Waals surface area contributed by atoms with Crippen molar-refractivity contribution in [2.75, 3.05) is 0 Å². The number of carbonyl (C=O) groups is 2. The van der Waals surface area contributed by atoms with Gasteiger partial charge < -0.3 is 15.0 Å². The molecule has 10 heteroatoms. The fourth-order valence-electron chi connectivity index (χ4n) is 3.81. The number of hydrogen-bond acceptors (Lipinski definition) is 6. The molecule has 1 aromatic carbocycles. The number of nitriles is 1. The number of rotatable bonds is 6. The largest absolute Gasteiger partial charge is 0.480 e. The minimum absolute atomic E-state index is 0.134. The van der Waals surface area contributed by atoms with Crippen molar-refractivity contribution in [1.82, 2.24) is 24.4 Å². The van der Waals surface area contributed by atoms with Gasteiger partial charge in [-0.3, -0.25) is 19.0 Å². The second-order valence-electron chi connectivity index (χ2n) is 7.50. The molecule has 1 amide bonds. The van der Waals surface area contributed by atoms with Crippen molar-refractivity contribution in [2.24, 2.45) is 7.05 Å². The van der Waals surface area contributed by atoms with Gasteiger partial charge in [-0.05, 0) is 23.8 Å². The molecule has 4 rings (SSSR count). The standard InChI is InChI=1S/C23H20N6O4/c1-3-18-27-17-11-25-21-15(20(17)28(18)2)8-16(23(33)29(21)12-19(30)31)22(32)26-10-14-6-4-13(9-24)5-7-14/h4-8,11H,3,10,12H2,1-2H3,(H,26,32)(H,30,31). The van der Waals surface area contributed by atoms with Gasteiger partial charge in [0.05, 0.1) is 23.3 Å². The predicted octanol–water partition coefficient (Wildman–Crippen LogP) is 1.73. The first-order chi connectivity index (χ1) is 15.8. The van der Waals surface area contributed by atoms with Crippen molar-refractivity contribution >= 4 is 33.9 Å². The van der Waals surface area contributed by atoms with Crippen LogP contribution in [0.3, 0.4) is 0 Å². The predicted molar refractivity (Wildman–Crippen MR) is 120 cm³/mol. The molecule has 166 valence electrons. The molecular weight excluding hydrogens is 424 g/mol. The molecule has 0 bridgehead atoms. The first-order valence-electron chi connectivity index (χ1n) is 10.2. The summed E-state index contributed by atoms with van der Waals surface area (Å²) < 4.78 is 2.85. The van der Waals surface area contributed by atoms with E-state index in [1.807, 2.05) is 24.6 Å². The van der Waals surface area contributed by atoms with Crippen LogP contribution in [0.4, 0.5) is 0 Å². The Balaban J connectivity index is 1.83. The SMILES string of the molecule is CCc1nc2cnc3c(cc(C(=O)NCc4ccc(C#N)cc4)c(=O)n3CC(=O)O)c2n1C. The summed E-state index contributed by atoms with van der Waals surface area (Å²) in [6.45, 7) is 1.46. The molecule has 10 nitrogen and oxygen atoms in total. The average Bonchev–Trinajstić information content (AvgIpc) is 3.15. The Morgan fingerprint density at radius 1 is 1.24 bits per heavy atom. The fourth-order valence-corrected chi connectivity index (χ4v) is 3.81. The minimum atomic E-state index is -1.23. The van der Waals surface area contributed by atoms with Crippen LogP contribution in [0.25, 0.3) is 22.1 Å². The summed E-state index contributed by atoms with van der Waals surface area (Å²) >= 11 is 0. The Kier molecular flexibility index (Phi) is 5.62. The second-order valence-corrected chi connectivity index (χ2v) is 7.50. The van der Waals surface area contributed by atoms with Crippen LogP contribution >= 0.6 is 0 Å². The van der Waals surface area contributed by atoms with E-state index >= 15 is 0 Å². The van der Waals surface area contributed by atoms with Gasteiger partial charge in [0.1, 0.15) is 29.1 Å². The maximum Gasteiger partial charge on any atom is 0.323 e. The highest BCUT2D eigenvalue weighted by Gasteiger charge is 2.21. The second kappa shape index (κ2) is 8.55. The van der Waals surface area contributed by atoms with Crippen molar-refractivity contribution in [3.8, 4) is 6.07 Å². The van der Waals surface area contributed by atoms with Gasteiger partial charge in [-0.15, -0.1) is 0 Å². The molecule has 0 saturated carbocycles. The third-order valence-corrected chi connectivity index (χ3v) is 5.43. The number of hydrogen-bond donors (Lipinski definition) is 2. The Morgan fingerprint density at radius 3 is 2.61 bits per heavy atom. The van der Waals surface area contributed by atoms with Gasteiger partial charge in [0.25, 0.3) is 11.5 Å². The topological polar surface area (TPSA) is 143 Å². The number of carbonyl (C=O) groups excluding carboxylic acids is 1. The van der Waals surface area contributed by atoms with E-state index in [0.717, 1.165) is 16.0 Å².